The number of carbonyl (C=O) groups is 1. The Morgan fingerprint density at radius 1 is 1.06 bits per heavy atom. The Balaban J connectivity index is 1.75. The maximum absolute atomic E-state index is 13.8. The smallest absolute Gasteiger partial charge is 0.416 e. The Bertz CT molecular complexity index is 1210. The molecule has 4 rings (SSSR count). The van der Waals surface area contributed by atoms with Crippen molar-refractivity contribution in [1.82, 2.24) is 10.3 Å². The Labute approximate surface area is 183 Å². The van der Waals surface area contributed by atoms with Crippen molar-refractivity contribution in [3.05, 3.63) is 95.1 Å². The fraction of sp³-hybridized carbons (Fsp3) is 0.240. The number of carbonyl (C=O) groups excluding carboxylic acids is 1. The molecule has 0 aliphatic rings. The summed E-state index contributed by atoms with van der Waals surface area (Å²) in [4.78, 5) is 16.0. The molecule has 0 saturated heterocycles. The Hall–Kier alpha value is -3.48. The van der Waals surface area contributed by atoms with Gasteiger partial charge in [0.15, 0.2) is 0 Å². The van der Waals surface area contributed by atoms with Gasteiger partial charge in [0.25, 0.3) is 0 Å². The molecule has 4 aromatic rings. The van der Waals surface area contributed by atoms with Gasteiger partial charge in [0.1, 0.15) is 5.76 Å². The Kier molecular flexibility index (Phi) is 6.08. The van der Waals surface area contributed by atoms with Crippen LogP contribution in [0.2, 0.25) is 0 Å². The number of nitrogens with one attached hydrogen (secondary N) is 2. The van der Waals surface area contributed by atoms with Crippen molar-refractivity contribution in [2.24, 2.45) is 0 Å². The highest BCUT2D eigenvalue weighted by Gasteiger charge is 2.36. The molecular weight excluding hydrogens is 417 g/mol. The van der Waals surface area contributed by atoms with Gasteiger partial charge in [0.05, 0.1) is 18.4 Å². The molecule has 0 aliphatic heterocycles. The summed E-state index contributed by atoms with van der Waals surface area (Å²) in [6.45, 7) is 2.20. The van der Waals surface area contributed by atoms with Gasteiger partial charge < -0.3 is 14.7 Å². The summed E-state index contributed by atoms with van der Waals surface area (Å²) >= 11 is 0. The third-order valence-electron chi connectivity index (χ3n) is 5.66. The lowest BCUT2D eigenvalue weighted by atomic mass is 9.84. The highest BCUT2D eigenvalue weighted by atomic mass is 19.4. The number of aryl methyl sites for hydroxylation is 1. The largest absolute Gasteiger partial charge is 0.467 e. The highest BCUT2D eigenvalue weighted by Crippen LogP contribution is 2.41. The summed E-state index contributed by atoms with van der Waals surface area (Å²) in [6.07, 6.45) is -0.648. The molecule has 0 aliphatic carbocycles. The third kappa shape index (κ3) is 4.42. The van der Waals surface area contributed by atoms with Crippen molar-refractivity contribution in [1.29, 1.82) is 0 Å². The van der Waals surface area contributed by atoms with Crippen LogP contribution in [0.25, 0.3) is 10.9 Å². The summed E-state index contributed by atoms with van der Waals surface area (Å²) in [5, 5.41) is 3.58. The molecular formula is C25H23F3N2O2. The number of halogens is 3. The molecule has 0 spiro atoms. The zero-order valence-corrected chi connectivity index (χ0v) is 17.5. The van der Waals surface area contributed by atoms with Gasteiger partial charge >= 0.3 is 6.18 Å². The van der Waals surface area contributed by atoms with Crippen LogP contribution in [0.4, 0.5) is 13.2 Å². The van der Waals surface area contributed by atoms with E-state index in [2.05, 4.69) is 10.3 Å². The first-order valence-corrected chi connectivity index (χ1v) is 10.4. The molecule has 4 nitrogen and oxygen atoms in total. The number of benzene rings is 2. The van der Waals surface area contributed by atoms with Crippen LogP contribution in [-0.2, 0) is 23.9 Å². The van der Waals surface area contributed by atoms with Gasteiger partial charge in [-0.25, -0.2) is 0 Å². The normalized spacial score (nSPS) is 12.8. The monoisotopic (exact) mass is 440 g/mol. The zero-order chi connectivity index (χ0) is 22.7. The van der Waals surface area contributed by atoms with E-state index in [4.69, 9.17) is 4.42 Å². The fourth-order valence-corrected chi connectivity index (χ4v) is 4.12. The number of hydrogen-bond donors (Lipinski definition) is 2. The number of H-pyrrole nitrogens is 1. The molecule has 1 amide bonds. The molecule has 0 radical (unpaired) electrons. The highest BCUT2D eigenvalue weighted by molar-refractivity contribution is 5.88. The van der Waals surface area contributed by atoms with E-state index >= 15 is 0 Å². The average Bonchev–Trinajstić information content (AvgIpc) is 3.45. The van der Waals surface area contributed by atoms with Crippen molar-refractivity contribution in [2.45, 2.75) is 38.4 Å². The van der Waals surface area contributed by atoms with Crippen LogP contribution < -0.4 is 5.32 Å². The first kappa shape index (κ1) is 21.7. The van der Waals surface area contributed by atoms with E-state index < -0.39 is 17.7 Å². The van der Waals surface area contributed by atoms with Crippen LogP contribution in [-0.4, -0.2) is 10.9 Å². The molecule has 0 bridgehead atoms. The predicted molar refractivity (Wildman–Crippen MR) is 116 cm³/mol. The van der Waals surface area contributed by atoms with Crippen LogP contribution in [0, 0.1) is 0 Å². The zero-order valence-electron chi connectivity index (χ0n) is 17.5. The quantitative estimate of drug-likeness (QED) is 0.361. The number of furan rings is 1. The molecule has 2 N–H and O–H groups in total. The lowest BCUT2D eigenvalue weighted by molar-refractivity contribution is -0.138. The molecule has 0 saturated carbocycles. The lowest BCUT2D eigenvalue weighted by Crippen LogP contribution is -2.25. The minimum atomic E-state index is -4.53. The molecule has 1 unspecified atom stereocenters. The number of rotatable bonds is 7. The van der Waals surface area contributed by atoms with Gasteiger partial charge in [0, 0.05) is 29.4 Å². The van der Waals surface area contributed by atoms with Gasteiger partial charge in [0.2, 0.25) is 5.91 Å². The minimum Gasteiger partial charge on any atom is -0.467 e. The van der Waals surface area contributed by atoms with E-state index in [1.807, 2.05) is 25.1 Å². The number of aromatic nitrogens is 1. The SMILES string of the molecule is CCc1cccc2c(C(CC(=O)NCc3ccco3)c3ccccc3C(F)(F)F)c[nH]c12. The number of para-hydroxylation sites is 1. The number of amides is 1. The van der Waals surface area contributed by atoms with Crippen LogP contribution in [0.1, 0.15) is 47.3 Å². The van der Waals surface area contributed by atoms with Crippen molar-refractivity contribution < 1.29 is 22.4 Å². The van der Waals surface area contributed by atoms with E-state index in [9.17, 15) is 18.0 Å². The van der Waals surface area contributed by atoms with E-state index in [0.29, 0.717) is 11.3 Å². The van der Waals surface area contributed by atoms with E-state index in [-0.39, 0.29) is 24.4 Å². The first-order valence-electron chi connectivity index (χ1n) is 10.4. The van der Waals surface area contributed by atoms with Gasteiger partial charge in [-0.1, -0.05) is 43.3 Å². The molecule has 2 aromatic carbocycles. The van der Waals surface area contributed by atoms with Crippen molar-refractivity contribution >= 4 is 16.8 Å². The molecule has 0 fully saturated rings. The number of aromatic amines is 1. The van der Waals surface area contributed by atoms with E-state index in [0.717, 1.165) is 29.0 Å². The molecule has 2 heterocycles. The molecule has 1 atom stereocenters. The Morgan fingerprint density at radius 2 is 1.88 bits per heavy atom. The number of fused-ring (bicyclic) bond motifs is 1. The second-order valence-corrected chi connectivity index (χ2v) is 7.64. The van der Waals surface area contributed by atoms with Crippen LogP contribution >= 0.6 is 0 Å². The first-order chi connectivity index (χ1) is 15.4. The third-order valence-corrected chi connectivity index (χ3v) is 5.66. The Morgan fingerprint density at radius 3 is 2.59 bits per heavy atom. The molecule has 166 valence electrons. The predicted octanol–water partition coefficient (Wildman–Crippen LogP) is 6.18. The number of hydrogen-bond acceptors (Lipinski definition) is 2. The minimum absolute atomic E-state index is 0.0796. The maximum atomic E-state index is 13.8. The van der Waals surface area contributed by atoms with E-state index in [1.165, 1.54) is 18.4 Å². The maximum Gasteiger partial charge on any atom is 0.416 e. The van der Waals surface area contributed by atoms with Crippen LogP contribution in [0.3, 0.4) is 0 Å². The van der Waals surface area contributed by atoms with Gasteiger partial charge in [-0.3, -0.25) is 4.79 Å². The number of alkyl halides is 3. The second-order valence-electron chi connectivity index (χ2n) is 7.64. The standard InChI is InChI=1S/C25H23F3N2O2/c1-2-16-7-5-10-19-21(15-30-24(16)19)20(13-23(31)29-14-17-8-6-12-32-17)18-9-3-4-11-22(18)25(26,27)28/h3-12,15,20,30H,2,13-14H2,1H3,(H,29,31). The van der Waals surface area contributed by atoms with Crippen molar-refractivity contribution in [3.8, 4) is 0 Å². The summed E-state index contributed by atoms with van der Waals surface area (Å²) in [5.41, 5.74) is 1.97. The second kappa shape index (κ2) is 8.94. The average molecular weight is 440 g/mol. The van der Waals surface area contributed by atoms with Crippen LogP contribution in [0.15, 0.2) is 71.5 Å². The van der Waals surface area contributed by atoms with Gasteiger partial charge in [-0.2, -0.15) is 13.2 Å². The lowest BCUT2D eigenvalue weighted by Gasteiger charge is -2.21. The molecule has 2 aromatic heterocycles. The van der Waals surface area contributed by atoms with E-state index in [1.54, 1.807) is 24.4 Å². The van der Waals surface area contributed by atoms with Crippen molar-refractivity contribution in [2.75, 3.05) is 0 Å². The van der Waals surface area contributed by atoms with Crippen LogP contribution in [0.5, 0.6) is 0 Å². The van der Waals surface area contributed by atoms with Crippen molar-refractivity contribution in [3.63, 3.8) is 0 Å². The topological polar surface area (TPSA) is 58.0 Å². The summed E-state index contributed by atoms with van der Waals surface area (Å²) in [5.74, 6) is -0.556. The molecule has 7 heteroatoms. The molecule has 32 heavy (non-hydrogen) atoms. The van der Waals surface area contributed by atoms with Gasteiger partial charge in [-0.05, 0) is 41.3 Å². The summed E-state index contributed by atoms with van der Waals surface area (Å²) < 4.78 is 46.7. The van der Waals surface area contributed by atoms with Gasteiger partial charge in [-0.15, -0.1) is 0 Å². The summed E-state index contributed by atoms with van der Waals surface area (Å²) in [7, 11) is 0. The fourth-order valence-electron chi connectivity index (χ4n) is 4.12. The summed E-state index contributed by atoms with van der Waals surface area (Å²) in [6, 6.07) is 14.6.